The zero-order valence-electron chi connectivity index (χ0n) is 19.5. The number of likely N-dealkylation sites (tertiary alicyclic amines) is 1. The number of hydrogen-bond donors (Lipinski definition) is 2. The number of hydrogen-bond acceptors (Lipinski definition) is 4. The Bertz CT molecular complexity index is 1100. The highest BCUT2D eigenvalue weighted by molar-refractivity contribution is 7.98. The van der Waals surface area contributed by atoms with Gasteiger partial charge >= 0.3 is 6.03 Å². The molecule has 3 amide bonds. The van der Waals surface area contributed by atoms with Crippen LogP contribution in [0.15, 0.2) is 41.2 Å². The van der Waals surface area contributed by atoms with E-state index in [1.165, 1.54) is 0 Å². The molecule has 176 valence electrons. The molecule has 0 unspecified atom stereocenters. The minimum absolute atomic E-state index is 0.0281. The van der Waals surface area contributed by atoms with Gasteiger partial charge in [-0.3, -0.25) is 9.59 Å². The summed E-state index contributed by atoms with van der Waals surface area (Å²) in [5, 5.41) is 5.98. The van der Waals surface area contributed by atoms with Gasteiger partial charge in [-0.2, -0.15) is 11.8 Å². The summed E-state index contributed by atoms with van der Waals surface area (Å²) < 4.78 is 1.85. The summed E-state index contributed by atoms with van der Waals surface area (Å²) in [5.74, 6) is 0.965. The van der Waals surface area contributed by atoms with E-state index in [2.05, 4.69) is 10.6 Å². The molecule has 2 aliphatic rings. The maximum absolute atomic E-state index is 13.2. The lowest BCUT2D eigenvalue weighted by Crippen LogP contribution is -2.55. The van der Waals surface area contributed by atoms with Crippen molar-refractivity contribution in [2.45, 2.75) is 45.2 Å². The Morgan fingerprint density at radius 3 is 2.73 bits per heavy atom. The van der Waals surface area contributed by atoms with Crippen molar-refractivity contribution in [3.63, 3.8) is 0 Å². The maximum Gasteiger partial charge on any atom is 0.318 e. The van der Waals surface area contributed by atoms with Crippen molar-refractivity contribution >= 4 is 29.4 Å². The van der Waals surface area contributed by atoms with Gasteiger partial charge in [-0.1, -0.05) is 23.8 Å². The van der Waals surface area contributed by atoms with Crippen molar-refractivity contribution < 1.29 is 9.59 Å². The van der Waals surface area contributed by atoms with E-state index in [9.17, 15) is 14.4 Å². The van der Waals surface area contributed by atoms with E-state index in [4.69, 9.17) is 0 Å². The molecule has 2 aliphatic heterocycles. The minimum atomic E-state index is -0.609. The predicted molar refractivity (Wildman–Crippen MR) is 133 cm³/mol. The molecular weight excluding hydrogens is 436 g/mol. The van der Waals surface area contributed by atoms with Crippen molar-refractivity contribution in [2.75, 3.05) is 30.4 Å². The molecule has 2 aromatic rings. The number of aromatic nitrogens is 1. The summed E-state index contributed by atoms with van der Waals surface area (Å²) >= 11 is 1.65. The molecule has 2 bridgehead atoms. The van der Waals surface area contributed by atoms with E-state index < -0.39 is 6.04 Å². The van der Waals surface area contributed by atoms with Crippen LogP contribution in [0.2, 0.25) is 0 Å². The van der Waals surface area contributed by atoms with E-state index in [0.717, 1.165) is 34.7 Å². The first kappa shape index (κ1) is 23.4. The van der Waals surface area contributed by atoms with Gasteiger partial charge in [0.25, 0.3) is 5.56 Å². The maximum atomic E-state index is 13.2. The molecule has 3 heterocycles. The molecule has 33 heavy (non-hydrogen) atoms. The van der Waals surface area contributed by atoms with E-state index >= 15 is 0 Å². The highest BCUT2D eigenvalue weighted by atomic mass is 32.2. The van der Waals surface area contributed by atoms with Crippen molar-refractivity contribution in [2.24, 2.45) is 5.92 Å². The third kappa shape index (κ3) is 5.27. The number of aryl methyl sites for hydroxylation is 2. The van der Waals surface area contributed by atoms with Crippen LogP contribution in [0, 0.1) is 19.8 Å². The SMILES string of the molecule is CSCC[C@H](NC(=O)N1C[C@H]2C[C@@H](C1)c1cccc(=O)n1C2)C(=O)Nc1ccc(C)cc1C. The molecule has 0 aliphatic carbocycles. The predicted octanol–water partition coefficient (Wildman–Crippen LogP) is 3.35. The number of fused-ring (bicyclic) bond motifs is 4. The van der Waals surface area contributed by atoms with Crippen LogP contribution in [0.25, 0.3) is 0 Å². The zero-order chi connectivity index (χ0) is 23.5. The summed E-state index contributed by atoms with van der Waals surface area (Å²) in [4.78, 5) is 40.4. The molecule has 0 spiro atoms. The molecule has 1 fully saturated rings. The fraction of sp³-hybridized carbons (Fsp3) is 0.480. The number of rotatable bonds is 6. The first-order valence-corrected chi connectivity index (χ1v) is 12.9. The molecule has 8 heteroatoms. The first-order chi connectivity index (χ1) is 15.9. The quantitative estimate of drug-likeness (QED) is 0.681. The van der Waals surface area contributed by atoms with Crippen LogP contribution < -0.4 is 16.2 Å². The highest BCUT2D eigenvalue weighted by Crippen LogP contribution is 2.34. The minimum Gasteiger partial charge on any atom is -0.326 e. The second-order valence-corrected chi connectivity index (χ2v) is 10.2. The molecule has 1 aromatic carbocycles. The Balaban J connectivity index is 1.45. The molecule has 4 rings (SSSR count). The van der Waals surface area contributed by atoms with Gasteiger partial charge in [0.1, 0.15) is 6.04 Å². The van der Waals surface area contributed by atoms with Gasteiger partial charge in [0.15, 0.2) is 0 Å². The summed E-state index contributed by atoms with van der Waals surface area (Å²) in [6.07, 6.45) is 3.53. The molecular formula is C25H32N4O3S. The van der Waals surface area contributed by atoms with Crippen LogP contribution >= 0.6 is 11.8 Å². The number of thioether (sulfide) groups is 1. The van der Waals surface area contributed by atoms with E-state index in [0.29, 0.717) is 26.1 Å². The number of pyridine rings is 1. The molecule has 7 nitrogen and oxygen atoms in total. The third-order valence-corrected chi connectivity index (χ3v) is 7.28. The highest BCUT2D eigenvalue weighted by Gasteiger charge is 2.37. The zero-order valence-corrected chi connectivity index (χ0v) is 20.3. The van der Waals surface area contributed by atoms with Gasteiger partial charge < -0.3 is 20.1 Å². The summed E-state index contributed by atoms with van der Waals surface area (Å²) in [6.45, 7) is 5.77. The van der Waals surface area contributed by atoms with Crippen LogP contribution in [-0.2, 0) is 11.3 Å². The van der Waals surface area contributed by atoms with Gasteiger partial charge in [-0.05, 0) is 62.3 Å². The third-order valence-electron chi connectivity index (χ3n) is 6.63. The van der Waals surface area contributed by atoms with Crippen LogP contribution in [0.5, 0.6) is 0 Å². The lowest BCUT2D eigenvalue weighted by molar-refractivity contribution is -0.118. The summed E-state index contributed by atoms with van der Waals surface area (Å²) in [5.41, 5.74) is 3.93. The van der Waals surface area contributed by atoms with Crippen LogP contribution in [0.4, 0.5) is 10.5 Å². The van der Waals surface area contributed by atoms with Crippen LogP contribution in [0.3, 0.4) is 0 Å². The average Bonchev–Trinajstić information content (AvgIpc) is 2.79. The van der Waals surface area contributed by atoms with Crippen LogP contribution in [-0.4, -0.2) is 52.5 Å². The Labute approximate surface area is 198 Å². The molecule has 2 N–H and O–H groups in total. The summed E-state index contributed by atoms with van der Waals surface area (Å²) in [6, 6.07) is 10.5. The molecule has 1 saturated heterocycles. The number of carbonyl (C=O) groups excluding carboxylic acids is 2. The van der Waals surface area contributed by atoms with Crippen molar-refractivity contribution in [1.82, 2.24) is 14.8 Å². The number of carbonyl (C=O) groups is 2. The smallest absolute Gasteiger partial charge is 0.318 e. The van der Waals surface area contributed by atoms with Gasteiger partial charge in [-0.25, -0.2) is 4.79 Å². The number of nitrogens with one attached hydrogen (secondary N) is 2. The molecule has 3 atom stereocenters. The number of nitrogens with zero attached hydrogens (tertiary/aromatic N) is 2. The lowest BCUT2D eigenvalue weighted by Gasteiger charge is -2.43. The van der Waals surface area contributed by atoms with E-state index in [-0.39, 0.29) is 29.3 Å². The Hall–Kier alpha value is -2.74. The largest absolute Gasteiger partial charge is 0.326 e. The van der Waals surface area contributed by atoms with Crippen LogP contribution in [0.1, 0.15) is 35.6 Å². The topological polar surface area (TPSA) is 83.4 Å². The van der Waals surface area contributed by atoms with Crippen molar-refractivity contribution in [1.29, 1.82) is 0 Å². The monoisotopic (exact) mass is 468 g/mol. The fourth-order valence-corrected chi connectivity index (χ4v) is 5.45. The normalized spacial score (nSPS) is 20.0. The second kappa shape index (κ2) is 10.0. The van der Waals surface area contributed by atoms with Crippen molar-refractivity contribution in [3.05, 3.63) is 63.6 Å². The van der Waals surface area contributed by atoms with Gasteiger partial charge in [0.2, 0.25) is 5.91 Å². The number of urea groups is 1. The summed E-state index contributed by atoms with van der Waals surface area (Å²) in [7, 11) is 0. The van der Waals surface area contributed by atoms with Gasteiger partial charge in [0, 0.05) is 43.0 Å². The Kier molecular flexibility index (Phi) is 7.12. The van der Waals surface area contributed by atoms with E-state index in [1.54, 1.807) is 23.9 Å². The van der Waals surface area contributed by atoms with Gasteiger partial charge in [-0.15, -0.1) is 0 Å². The van der Waals surface area contributed by atoms with Gasteiger partial charge in [0.05, 0.1) is 0 Å². The fourth-order valence-electron chi connectivity index (χ4n) is 4.98. The number of piperidine rings is 1. The lowest BCUT2D eigenvalue weighted by atomic mass is 9.83. The van der Waals surface area contributed by atoms with Crippen molar-refractivity contribution in [3.8, 4) is 0 Å². The number of anilines is 1. The average molecular weight is 469 g/mol. The standard InChI is InChI=1S/C25H32N4O3S/c1-16-7-8-20(17(2)11-16)26-24(31)21(9-10-33-3)27-25(32)28-13-18-12-19(15-28)22-5-4-6-23(30)29(22)14-18/h4-8,11,18-19,21H,9-10,12-15H2,1-3H3,(H,26,31)(H,27,32)/t18-,19+,21+/m1/s1. The molecule has 0 radical (unpaired) electrons. The van der Waals surface area contributed by atoms with E-state index in [1.807, 2.05) is 53.8 Å². The Morgan fingerprint density at radius 1 is 1.15 bits per heavy atom. The molecule has 1 aromatic heterocycles. The second-order valence-electron chi connectivity index (χ2n) is 9.19. The Morgan fingerprint density at radius 2 is 1.97 bits per heavy atom. The number of benzene rings is 1. The first-order valence-electron chi connectivity index (χ1n) is 11.5. The molecule has 0 saturated carbocycles. The number of amides is 3.